The van der Waals surface area contributed by atoms with Gasteiger partial charge in [-0.1, -0.05) is 37.1 Å². The van der Waals surface area contributed by atoms with Crippen LogP contribution in [0.3, 0.4) is 0 Å². The van der Waals surface area contributed by atoms with Gasteiger partial charge in [-0.3, -0.25) is 4.79 Å². The number of carbonyl (C=O) groups is 1. The van der Waals surface area contributed by atoms with Gasteiger partial charge in [0.15, 0.2) is 0 Å². The molecule has 120 valence electrons. The summed E-state index contributed by atoms with van der Waals surface area (Å²) in [4.78, 5) is 14.2. The number of hydrogen-bond donors (Lipinski definition) is 1. The van der Waals surface area contributed by atoms with E-state index in [0.717, 1.165) is 37.8 Å². The fraction of sp³-hybridized carbons (Fsp3) is 0.632. The zero-order valence-corrected chi connectivity index (χ0v) is 13.6. The Labute approximate surface area is 133 Å². The zero-order valence-electron chi connectivity index (χ0n) is 13.6. The van der Waals surface area contributed by atoms with Crippen LogP contribution < -0.4 is 0 Å². The normalized spacial score (nSPS) is 25.8. The van der Waals surface area contributed by atoms with E-state index in [-0.39, 0.29) is 0 Å². The van der Waals surface area contributed by atoms with Crippen molar-refractivity contribution in [3.05, 3.63) is 35.4 Å². The van der Waals surface area contributed by atoms with Crippen LogP contribution >= 0.6 is 0 Å². The van der Waals surface area contributed by atoms with Crippen molar-refractivity contribution in [2.45, 2.75) is 56.3 Å². The molecule has 3 nitrogen and oxygen atoms in total. The second-order valence-electron chi connectivity index (χ2n) is 7.15. The molecule has 0 bridgehead atoms. The second-order valence-corrected chi connectivity index (χ2v) is 7.15. The first-order valence-corrected chi connectivity index (χ1v) is 8.64. The van der Waals surface area contributed by atoms with Gasteiger partial charge in [-0.15, -0.1) is 0 Å². The summed E-state index contributed by atoms with van der Waals surface area (Å²) in [6, 6.07) is 8.55. The summed E-state index contributed by atoms with van der Waals surface area (Å²) in [5, 5.41) is 9.70. The lowest BCUT2D eigenvalue weighted by atomic mass is 9.78. The van der Waals surface area contributed by atoms with Gasteiger partial charge in [0.25, 0.3) is 0 Å². The van der Waals surface area contributed by atoms with Gasteiger partial charge in [-0.2, -0.15) is 0 Å². The van der Waals surface area contributed by atoms with E-state index >= 15 is 0 Å². The summed E-state index contributed by atoms with van der Waals surface area (Å²) >= 11 is 0. The average Bonchev–Trinajstić information content (AvgIpc) is 2.92. The third-order valence-corrected chi connectivity index (χ3v) is 5.75. The number of carboxylic acid groups (broad SMARTS) is 1. The minimum Gasteiger partial charge on any atom is -0.481 e. The van der Waals surface area contributed by atoms with Gasteiger partial charge >= 0.3 is 5.97 Å². The molecule has 1 saturated heterocycles. The number of aliphatic carboxylic acids is 1. The fourth-order valence-electron chi connectivity index (χ4n) is 4.25. The minimum absolute atomic E-state index is 0.623. The van der Waals surface area contributed by atoms with E-state index in [1.165, 1.54) is 31.4 Å². The molecule has 2 fully saturated rings. The van der Waals surface area contributed by atoms with Gasteiger partial charge in [0.2, 0.25) is 0 Å². The quantitative estimate of drug-likeness (QED) is 0.923. The molecular weight excluding hydrogens is 274 g/mol. The molecule has 0 spiro atoms. The molecule has 1 saturated carbocycles. The first kappa shape index (κ1) is 15.5. The third kappa shape index (κ3) is 2.91. The highest BCUT2D eigenvalue weighted by Gasteiger charge is 2.42. The lowest BCUT2D eigenvalue weighted by Gasteiger charge is -2.25. The third-order valence-electron chi connectivity index (χ3n) is 5.75. The maximum absolute atomic E-state index is 11.8. The lowest BCUT2D eigenvalue weighted by Crippen LogP contribution is -2.32. The van der Waals surface area contributed by atoms with Crippen molar-refractivity contribution < 1.29 is 9.90 Å². The maximum Gasteiger partial charge on any atom is 0.314 e. The summed E-state index contributed by atoms with van der Waals surface area (Å²) in [5.41, 5.74) is 1.77. The van der Waals surface area contributed by atoms with Gasteiger partial charge in [-0.25, -0.2) is 0 Å². The Kier molecular flexibility index (Phi) is 4.53. The van der Waals surface area contributed by atoms with Crippen molar-refractivity contribution >= 4 is 5.97 Å². The summed E-state index contributed by atoms with van der Waals surface area (Å²) in [6.07, 6.45) is 7.34. The average molecular weight is 301 g/mol. The predicted octanol–water partition coefficient (Wildman–Crippen LogP) is 3.78. The Morgan fingerprint density at radius 2 is 1.77 bits per heavy atom. The van der Waals surface area contributed by atoms with Crippen LogP contribution in [-0.4, -0.2) is 36.1 Å². The van der Waals surface area contributed by atoms with Gasteiger partial charge in [-0.05, 0) is 69.3 Å². The van der Waals surface area contributed by atoms with E-state index in [0.29, 0.717) is 5.92 Å². The maximum atomic E-state index is 11.8. The van der Waals surface area contributed by atoms with Gasteiger partial charge in [0.05, 0.1) is 5.41 Å². The largest absolute Gasteiger partial charge is 0.481 e. The highest BCUT2D eigenvalue weighted by Crippen LogP contribution is 2.42. The van der Waals surface area contributed by atoms with Gasteiger partial charge in [0.1, 0.15) is 0 Å². The summed E-state index contributed by atoms with van der Waals surface area (Å²) in [7, 11) is 2.20. The van der Waals surface area contributed by atoms with Crippen LogP contribution in [0.1, 0.15) is 62.0 Å². The Bertz CT molecular complexity index is 517. The molecule has 1 aliphatic heterocycles. The molecule has 3 heteroatoms. The van der Waals surface area contributed by atoms with E-state index in [1.807, 2.05) is 0 Å². The van der Waals surface area contributed by atoms with Gasteiger partial charge in [0, 0.05) is 0 Å². The van der Waals surface area contributed by atoms with Crippen molar-refractivity contribution in [1.82, 2.24) is 4.90 Å². The van der Waals surface area contributed by atoms with E-state index < -0.39 is 11.4 Å². The highest BCUT2D eigenvalue weighted by atomic mass is 16.4. The molecule has 2 aliphatic rings. The van der Waals surface area contributed by atoms with Crippen molar-refractivity contribution in [1.29, 1.82) is 0 Å². The number of carboxylic acids is 1. The first-order valence-electron chi connectivity index (χ1n) is 8.64. The van der Waals surface area contributed by atoms with E-state index in [9.17, 15) is 9.90 Å². The standard InChI is InChI=1S/C19H27NO2/c1-20-13-4-5-15(10-14-20)16-6-8-17(9-7-16)19(18(21)22)11-2-3-12-19/h6-9,15H,2-5,10-14H2,1H3,(H,21,22). The van der Waals surface area contributed by atoms with Crippen LogP contribution in [0, 0.1) is 0 Å². The first-order chi connectivity index (χ1) is 10.6. The van der Waals surface area contributed by atoms with Crippen LogP contribution in [0.15, 0.2) is 24.3 Å². The Morgan fingerprint density at radius 3 is 2.41 bits per heavy atom. The smallest absolute Gasteiger partial charge is 0.314 e. The molecule has 1 aliphatic carbocycles. The summed E-state index contributed by atoms with van der Waals surface area (Å²) < 4.78 is 0. The monoisotopic (exact) mass is 301 g/mol. The minimum atomic E-state index is -0.645. The molecule has 1 unspecified atom stereocenters. The molecule has 22 heavy (non-hydrogen) atoms. The molecule has 0 radical (unpaired) electrons. The molecule has 0 amide bonds. The lowest BCUT2D eigenvalue weighted by molar-refractivity contribution is -0.143. The number of benzene rings is 1. The Hall–Kier alpha value is -1.35. The highest BCUT2D eigenvalue weighted by molar-refractivity contribution is 5.81. The molecule has 3 rings (SSSR count). The van der Waals surface area contributed by atoms with Crippen molar-refractivity contribution in [2.24, 2.45) is 0 Å². The van der Waals surface area contributed by atoms with E-state index in [4.69, 9.17) is 0 Å². The van der Waals surface area contributed by atoms with Crippen molar-refractivity contribution in [2.75, 3.05) is 20.1 Å². The fourth-order valence-corrected chi connectivity index (χ4v) is 4.25. The second kappa shape index (κ2) is 6.41. The molecular formula is C19H27NO2. The van der Waals surface area contributed by atoms with Crippen LogP contribution in [0.25, 0.3) is 0 Å². The van der Waals surface area contributed by atoms with Crippen LogP contribution in [0.2, 0.25) is 0 Å². The SMILES string of the molecule is CN1CCCC(c2ccc(C3(C(=O)O)CCCC3)cc2)CC1. The van der Waals surface area contributed by atoms with Crippen molar-refractivity contribution in [3.63, 3.8) is 0 Å². The van der Waals surface area contributed by atoms with Gasteiger partial charge < -0.3 is 10.0 Å². The Morgan fingerprint density at radius 1 is 1.09 bits per heavy atom. The Balaban J connectivity index is 1.79. The van der Waals surface area contributed by atoms with E-state index in [1.54, 1.807) is 0 Å². The number of nitrogens with zero attached hydrogens (tertiary/aromatic N) is 1. The van der Waals surface area contributed by atoms with E-state index in [2.05, 4.69) is 36.2 Å². The molecule has 1 aromatic rings. The molecule has 1 aromatic carbocycles. The number of likely N-dealkylation sites (tertiary alicyclic amines) is 1. The topological polar surface area (TPSA) is 40.5 Å². The summed E-state index contributed by atoms with van der Waals surface area (Å²) in [6.45, 7) is 2.35. The van der Waals surface area contributed by atoms with Crippen LogP contribution in [0.5, 0.6) is 0 Å². The molecule has 0 aromatic heterocycles. The number of hydrogen-bond acceptors (Lipinski definition) is 2. The van der Waals surface area contributed by atoms with Crippen LogP contribution in [-0.2, 0) is 10.2 Å². The molecule has 1 atom stereocenters. The molecule has 1 heterocycles. The number of rotatable bonds is 3. The predicted molar refractivity (Wildman–Crippen MR) is 88.3 cm³/mol. The summed E-state index contributed by atoms with van der Waals surface area (Å²) in [5.74, 6) is -0.0165. The zero-order chi connectivity index (χ0) is 15.6. The molecule has 1 N–H and O–H groups in total. The van der Waals surface area contributed by atoms with Crippen molar-refractivity contribution in [3.8, 4) is 0 Å². The van der Waals surface area contributed by atoms with Crippen LogP contribution in [0.4, 0.5) is 0 Å².